The van der Waals surface area contributed by atoms with Gasteiger partial charge >= 0.3 is 0 Å². The summed E-state index contributed by atoms with van der Waals surface area (Å²) in [6, 6.07) is 0. The van der Waals surface area contributed by atoms with E-state index in [-0.39, 0.29) is 5.22 Å². The maximum absolute atomic E-state index is 5.66. The summed E-state index contributed by atoms with van der Waals surface area (Å²) < 4.78 is 5.66. The van der Waals surface area contributed by atoms with Crippen molar-refractivity contribution in [1.82, 2.24) is 0 Å². The summed E-state index contributed by atoms with van der Waals surface area (Å²) in [6.07, 6.45) is 3.53. The minimum atomic E-state index is -0.0664. The maximum atomic E-state index is 5.66. The molecule has 0 spiro atoms. The van der Waals surface area contributed by atoms with Crippen molar-refractivity contribution in [2.45, 2.75) is 24.5 Å². The van der Waals surface area contributed by atoms with Gasteiger partial charge in [0.1, 0.15) is 0 Å². The molecule has 0 saturated carbocycles. The Bertz CT molecular complexity index is 190. The standard InChI is InChI=1S/C8H14OSSi/c1-2-7(10)8(11)5-3-4-6-9-8/h10H,1,3-6H2,11H3. The smallest absolute Gasteiger partial charge is 0.0848 e. The molecule has 0 aliphatic carbocycles. The quantitative estimate of drug-likeness (QED) is 0.363. The van der Waals surface area contributed by atoms with E-state index in [0.717, 1.165) is 28.2 Å². The highest BCUT2D eigenvalue weighted by Gasteiger charge is 2.29. The summed E-state index contributed by atoms with van der Waals surface area (Å²) in [5.74, 6) is 0. The molecule has 1 saturated heterocycles. The third-order valence-electron chi connectivity index (χ3n) is 2.14. The van der Waals surface area contributed by atoms with Gasteiger partial charge < -0.3 is 4.74 Å². The predicted molar refractivity (Wildman–Crippen MR) is 54.1 cm³/mol. The predicted octanol–water partition coefficient (Wildman–Crippen LogP) is 0.847. The molecule has 1 nitrogen and oxygen atoms in total. The van der Waals surface area contributed by atoms with E-state index in [0.29, 0.717) is 0 Å². The fourth-order valence-corrected chi connectivity index (χ4v) is 2.22. The summed E-state index contributed by atoms with van der Waals surface area (Å²) in [5, 5.41) is -0.0664. The number of rotatable bonds is 1. The van der Waals surface area contributed by atoms with Crippen LogP contribution in [0.3, 0.4) is 0 Å². The number of ether oxygens (including phenoxy) is 1. The number of hydrogen-bond acceptors (Lipinski definition) is 2. The molecular formula is C8H14OSSi. The lowest BCUT2D eigenvalue weighted by molar-refractivity contribution is 0.0132. The molecule has 1 heterocycles. The lowest BCUT2D eigenvalue weighted by Gasteiger charge is -2.33. The van der Waals surface area contributed by atoms with Crippen LogP contribution >= 0.6 is 12.6 Å². The third kappa shape index (κ3) is 2.00. The largest absolute Gasteiger partial charge is 0.374 e. The molecule has 0 bridgehead atoms. The molecule has 1 atom stereocenters. The van der Waals surface area contributed by atoms with Crippen molar-refractivity contribution < 1.29 is 4.74 Å². The van der Waals surface area contributed by atoms with E-state index < -0.39 is 0 Å². The highest BCUT2D eigenvalue weighted by molar-refractivity contribution is 7.84. The molecule has 0 amide bonds. The van der Waals surface area contributed by atoms with Crippen LogP contribution in [0.4, 0.5) is 0 Å². The monoisotopic (exact) mass is 186 g/mol. The SMILES string of the molecule is C=C=C(S)C1([SiH3])CCCCO1. The van der Waals surface area contributed by atoms with Gasteiger partial charge in [-0.2, -0.15) is 0 Å². The zero-order valence-electron chi connectivity index (χ0n) is 6.89. The summed E-state index contributed by atoms with van der Waals surface area (Å²) in [4.78, 5) is 0.892. The van der Waals surface area contributed by atoms with Crippen LogP contribution in [-0.2, 0) is 4.74 Å². The zero-order valence-corrected chi connectivity index (χ0v) is 9.79. The number of hydrogen-bond donors (Lipinski definition) is 1. The Balaban J connectivity index is 2.71. The van der Waals surface area contributed by atoms with Crippen molar-refractivity contribution in [2.24, 2.45) is 0 Å². The van der Waals surface area contributed by atoms with Crippen molar-refractivity contribution >= 4 is 22.9 Å². The topological polar surface area (TPSA) is 9.23 Å². The summed E-state index contributed by atoms with van der Waals surface area (Å²) >= 11 is 4.31. The molecule has 3 heteroatoms. The van der Waals surface area contributed by atoms with E-state index in [4.69, 9.17) is 4.74 Å². The fraction of sp³-hybridized carbons (Fsp3) is 0.625. The second kappa shape index (κ2) is 3.63. The first-order chi connectivity index (χ1) is 5.19. The van der Waals surface area contributed by atoms with Crippen LogP contribution in [0, 0.1) is 0 Å². The molecule has 0 aromatic rings. The average molecular weight is 186 g/mol. The first-order valence-electron chi connectivity index (χ1n) is 3.92. The second-order valence-electron chi connectivity index (χ2n) is 3.06. The second-order valence-corrected chi connectivity index (χ2v) is 5.12. The lowest BCUT2D eigenvalue weighted by Crippen LogP contribution is -2.37. The van der Waals surface area contributed by atoms with Gasteiger partial charge in [-0.1, -0.05) is 6.58 Å². The van der Waals surface area contributed by atoms with Gasteiger partial charge in [0.25, 0.3) is 0 Å². The average Bonchev–Trinajstić information content (AvgIpc) is 2.04. The van der Waals surface area contributed by atoms with Crippen molar-refractivity contribution in [1.29, 1.82) is 0 Å². The fourth-order valence-electron chi connectivity index (χ4n) is 1.31. The van der Waals surface area contributed by atoms with Crippen molar-refractivity contribution in [2.75, 3.05) is 6.61 Å². The molecular weight excluding hydrogens is 172 g/mol. The lowest BCUT2D eigenvalue weighted by atomic mass is 10.1. The van der Waals surface area contributed by atoms with Crippen LogP contribution in [0.2, 0.25) is 0 Å². The molecule has 0 aromatic heterocycles. The Kier molecular flexibility index (Phi) is 3.02. The summed E-state index contributed by atoms with van der Waals surface area (Å²) in [6.45, 7) is 4.46. The highest BCUT2D eigenvalue weighted by Crippen LogP contribution is 2.29. The highest BCUT2D eigenvalue weighted by atomic mass is 32.1. The summed E-state index contributed by atoms with van der Waals surface area (Å²) in [5.41, 5.74) is 2.82. The van der Waals surface area contributed by atoms with E-state index in [9.17, 15) is 0 Å². The zero-order chi connectivity index (χ0) is 8.32. The van der Waals surface area contributed by atoms with Gasteiger partial charge in [-0.25, -0.2) is 0 Å². The van der Waals surface area contributed by atoms with E-state index >= 15 is 0 Å². The van der Waals surface area contributed by atoms with Gasteiger partial charge in [0, 0.05) is 6.61 Å². The minimum Gasteiger partial charge on any atom is -0.374 e. The molecule has 11 heavy (non-hydrogen) atoms. The van der Waals surface area contributed by atoms with Crippen LogP contribution < -0.4 is 0 Å². The van der Waals surface area contributed by atoms with Gasteiger partial charge in [0.15, 0.2) is 0 Å². The molecule has 1 unspecified atom stereocenters. The van der Waals surface area contributed by atoms with Gasteiger partial charge in [0.05, 0.1) is 20.4 Å². The Morgan fingerprint density at radius 3 is 2.82 bits per heavy atom. The van der Waals surface area contributed by atoms with Gasteiger partial charge in [0.2, 0.25) is 0 Å². The maximum Gasteiger partial charge on any atom is 0.0848 e. The number of thiol groups is 1. The van der Waals surface area contributed by atoms with Crippen LogP contribution in [0.25, 0.3) is 0 Å². The van der Waals surface area contributed by atoms with Crippen LogP contribution in [0.1, 0.15) is 19.3 Å². The van der Waals surface area contributed by atoms with Crippen LogP contribution in [0.15, 0.2) is 17.2 Å². The van der Waals surface area contributed by atoms with Gasteiger partial charge in [-0.3, -0.25) is 0 Å². The molecule has 1 aliphatic rings. The molecule has 1 aliphatic heterocycles. The van der Waals surface area contributed by atoms with Gasteiger partial charge in [-0.05, 0) is 19.3 Å². The third-order valence-corrected chi connectivity index (χ3v) is 4.48. The molecule has 0 radical (unpaired) electrons. The van der Waals surface area contributed by atoms with E-state index in [1.165, 1.54) is 12.8 Å². The molecule has 0 aromatic carbocycles. The first kappa shape index (κ1) is 9.14. The van der Waals surface area contributed by atoms with E-state index in [1.54, 1.807) is 0 Å². The first-order valence-corrected chi connectivity index (χ1v) is 5.37. The minimum absolute atomic E-state index is 0.0664. The van der Waals surface area contributed by atoms with Crippen molar-refractivity contribution in [3.05, 3.63) is 17.2 Å². The van der Waals surface area contributed by atoms with E-state index in [1.807, 2.05) is 0 Å². The van der Waals surface area contributed by atoms with Crippen molar-refractivity contribution in [3.63, 3.8) is 0 Å². The van der Waals surface area contributed by atoms with Crippen LogP contribution in [0.5, 0.6) is 0 Å². The summed E-state index contributed by atoms with van der Waals surface area (Å²) in [7, 11) is 0.985. The Morgan fingerprint density at radius 2 is 2.36 bits per heavy atom. The Morgan fingerprint density at radius 1 is 1.64 bits per heavy atom. The molecule has 1 fully saturated rings. The van der Waals surface area contributed by atoms with Crippen LogP contribution in [-0.4, -0.2) is 22.1 Å². The Labute approximate surface area is 76.3 Å². The molecule has 1 rings (SSSR count). The molecule has 62 valence electrons. The van der Waals surface area contributed by atoms with Gasteiger partial charge in [-0.15, -0.1) is 18.4 Å². The van der Waals surface area contributed by atoms with E-state index in [2.05, 4.69) is 24.9 Å². The molecule has 0 N–H and O–H groups in total. The van der Waals surface area contributed by atoms with Crippen molar-refractivity contribution in [3.8, 4) is 0 Å². The normalized spacial score (nSPS) is 31.4. The Hall–Kier alpha value is 0.0469.